The molecule has 0 N–H and O–H groups in total. The van der Waals surface area contributed by atoms with Gasteiger partial charge in [0.2, 0.25) is 0 Å². The van der Waals surface area contributed by atoms with Crippen LogP contribution >= 0.6 is 23.5 Å². The zero-order valence-corrected chi connectivity index (χ0v) is 14.3. The van der Waals surface area contributed by atoms with Crippen LogP contribution < -0.4 is 0 Å². The standard InChI is InChI=1S/C16H28O2S2/c1-14-13-16(19-11-8-12-20-16)10-7-5-3-2-4-6-9-15(17)18-14/h14H,2-13H2,1H3/t14-/m1/s1. The second kappa shape index (κ2) is 8.57. The molecule has 2 aliphatic rings. The van der Waals surface area contributed by atoms with Crippen molar-refractivity contribution in [3.63, 3.8) is 0 Å². The average molecular weight is 317 g/mol. The molecule has 0 aliphatic carbocycles. The third-order valence-electron chi connectivity index (χ3n) is 4.14. The van der Waals surface area contributed by atoms with Crippen LogP contribution in [-0.2, 0) is 9.53 Å². The summed E-state index contributed by atoms with van der Waals surface area (Å²) in [7, 11) is 0. The highest BCUT2D eigenvalue weighted by Gasteiger charge is 2.35. The molecule has 2 rings (SSSR count). The minimum atomic E-state index is 0.0118. The van der Waals surface area contributed by atoms with Crippen molar-refractivity contribution in [3.8, 4) is 0 Å². The Labute approximate surface area is 132 Å². The van der Waals surface area contributed by atoms with E-state index in [0.29, 0.717) is 10.5 Å². The number of ether oxygens (including phenoxy) is 1. The molecule has 116 valence electrons. The van der Waals surface area contributed by atoms with E-state index in [2.05, 4.69) is 30.4 Å². The van der Waals surface area contributed by atoms with Gasteiger partial charge in [-0.3, -0.25) is 4.79 Å². The molecule has 0 aromatic rings. The van der Waals surface area contributed by atoms with Gasteiger partial charge in [-0.15, -0.1) is 23.5 Å². The van der Waals surface area contributed by atoms with Crippen molar-refractivity contribution >= 4 is 29.5 Å². The largest absolute Gasteiger partial charge is 0.463 e. The fourth-order valence-corrected chi connectivity index (χ4v) is 6.73. The molecule has 4 heteroatoms. The first-order valence-corrected chi connectivity index (χ1v) is 10.1. The highest BCUT2D eigenvalue weighted by molar-refractivity contribution is 8.18. The topological polar surface area (TPSA) is 26.3 Å². The van der Waals surface area contributed by atoms with Crippen molar-refractivity contribution in [2.45, 2.75) is 81.3 Å². The summed E-state index contributed by atoms with van der Waals surface area (Å²) in [5.74, 6) is 2.55. The zero-order valence-electron chi connectivity index (χ0n) is 12.7. The average Bonchev–Trinajstić information content (AvgIpc) is 2.42. The number of cyclic esters (lactones) is 1. The summed E-state index contributed by atoms with van der Waals surface area (Å²) < 4.78 is 5.94. The summed E-state index contributed by atoms with van der Waals surface area (Å²) in [6.45, 7) is 2.08. The molecule has 0 amide bonds. The third kappa shape index (κ3) is 5.51. The van der Waals surface area contributed by atoms with Gasteiger partial charge in [0, 0.05) is 12.8 Å². The van der Waals surface area contributed by atoms with Gasteiger partial charge in [-0.2, -0.15) is 0 Å². The van der Waals surface area contributed by atoms with Crippen LogP contribution in [0.3, 0.4) is 0 Å². The van der Waals surface area contributed by atoms with Crippen molar-refractivity contribution < 1.29 is 9.53 Å². The first kappa shape index (κ1) is 16.5. The Kier molecular flexibility index (Phi) is 7.09. The monoisotopic (exact) mass is 316 g/mol. The minimum Gasteiger partial charge on any atom is -0.463 e. The number of hydrogen-bond donors (Lipinski definition) is 0. The van der Waals surface area contributed by atoms with Crippen LogP contribution in [0, 0.1) is 0 Å². The zero-order chi connectivity index (χ0) is 14.3. The number of rotatable bonds is 0. The number of thioether (sulfide) groups is 2. The van der Waals surface area contributed by atoms with Crippen LogP contribution in [0.5, 0.6) is 0 Å². The quantitative estimate of drug-likeness (QED) is 0.587. The van der Waals surface area contributed by atoms with Gasteiger partial charge in [0.25, 0.3) is 0 Å². The van der Waals surface area contributed by atoms with Gasteiger partial charge in [0.15, 0.2) is 0 Å². The molecule has 1 spiro atoms. The van der Waals surface area contributed by atoms with Crippen LogP contribution in [0.4, 0.5) is 0 Å². The summed E-state index contributed by atoms with van der Waals surface area (Å²) in [6.07, 6.45) is 11.8. The lowest BCUT2D eigenvalue weighted by Gasteiger charge is -2.38. The summed E-state index contributed by atoms with van der Waals surface area (Å²) in [5, 5.41) is 0. The third-order valence-corrected chi connectivity index (χ3v) is 7.63. The molecule has 2 nitrogen and oxygen atoms in total. The first-order valence-electron chi connectivity index (χ1n) is 8.18. The van der Waals surface area contributed by atoms with Crippen molar-refractivity contribution in [2.24, 2.45) is 0 Å². The van der Waals surface area contributed by atoms with E-state index in [1.165, 1.54) is 56.5 Å². The van der Waals surface area contributed by atoms with E-state index in [0.717, 1.165) is 12.8 Å². The maximum absolute atomic E-state index is 11.8. The summed E-state index contributed by atoms with van der Waals surface area (Å²) in [6, 6.07) is 0. The van der Waals surface area contributed by atoms with Gasteiger partial charge >= 0.3 is 5.97 Å². The predicted octanol–water partition coefficient (Wildman–Crippen LogP) is 5.01. The Morgan fingerprint density at radius 2 is 1.65 bits per heavy atom. The van der Waals surface area contributed by atoms with E-state index >= 15 is 0 Å². The second-order valence-electron chi connectivity index (χ2n) is 6.09. The van der Waals surface area contributed by atoms with Crippen LogP contribution in [0.25, 0.3) is 0 Å². The summed E-state index contributed by atoms with van der Waals surface area (Å²) in [4.78, 5) is 11.8. The molecule has 1 atom stereocenters. The highest BCUT2D eigenvalue weighted by atomic mass is 32.2. The van der Waals surface area contributed by atoms with Crippen molar-refractivity contribution in [2.75, 3.05) is 11.5 Å². The second-order valence-corrected chi connectivity index (χ2v) is 9.30. The van der Waals surface area contributed by atoms with Gasteiger partial charge in [-0.1, -0.05) is 32.1 Å². The van der Waals surface area contributed by atoms with Crippen LogP contribution in [0.15, 0.2) is 0 Å². The molecule has 0 saturated carbocycles. The van der Waals surface area contributed by atoms with E-state index < -0.39 is 0 Å². The number of hydrogen-bond acceptors (Lipinski definition) is 4. The molecule has 2 heterocycles. The van der Waals surface area contributed by atoms with E-state index in [-0.39, 0.29) is 12.1 Å². The van der Waals surface area contributed by atoms with Crippen LogP contribution in [0.1, 0.15) is 71.1 Å². The lowest BCUT2D eigenvalue weighted by molar-refractivity contribution is -0.148. The first-order chi connectivity index (χ1) is 9.70. The van der Waals surface area contributed by atoms with Crippen LogP contribution in [0.2, 0.25) is 0 Å². The Morgan fingerprint density at radius 3 is 2.40 bits per heavy atom. The Bertz CT molecular complexity index is 301. The maximum atomic E-state index is 11.8. The molecule has 0 aromatic carbocycles. The summed E-state index contributed by atoms with van der Waals surface area (Å²) >= 11 is 4.24. The van der Waals surface area contributed by atoms with E-state index in [1.807, 2.05) is 0 Å². The highest BCUT2D eigenvalue weighted by Crippen LogP contribution is 2.49. The van der Waals surface area contributed by atoms with E-state index in [9.17, 15) is 4.79 Å². The molecular formula is C16H28O2S2. The minimum absolute atomic E-state index is 0.0118. The lowest BCUT2D eigenvalue weighted by atomic mass is 10.0. The Morgan fingerprint density at radius 1 is 1.00 bits per heavy atom. The van der Waals surface area contributed by atoms with Crippen molar-refractivity contribution in [3.05, 3.63) is 0 Å². The van der Waals surface area contributed by atoms with Gasteiger partial charge in [0.1, 0.15) is 6.10 Å². The number of carbonyl (C=O) groups is 1. The van der Waals surface area contributed by atoms with Gasteiger partial charge in [-0.05, 0) is 37.7 Å². The number of esters is 1. The van der Waals surface area contributed by atoms with Gasteiger partial charge < -0.3 is 4.74 Å². The van der Waals surface area contributed by atoms with Crippen LogP contribution in [-0.4, -0.2) is 27.7 Å². The normalized spacial score (nSPS) is 29.9. The molecule has 0 bridgehead atoms. The smallest absolute Gasteiger partial charge is 0.306 e. The number of carbonyl (C=O) groups excluding carboxylic acids is 1. The molecule has 2 saturated heterocycles. The molecular weight excluding hydrogens is 288 g/mol. The van der Waals surface area contributed by atoms with E-state index in [1.54, 1.807) is 0 Å². The molecule has 0 aromatic heterocycles. The predicted molar refractivity (Wildman–Crippen MR) is 89.4 cm³/mol. The van der Waals surface area contributed by atoms with Gasteiger partial charge in [0.05, 0.1) is 4.08 Å². The maximum Gasteiger partial charge on any atom is 0.306 e. The van der Waals surface area contributed by atoms with Crippen molar-refractivity contribution in [1.29, 1.82) is 0 Å². The fraction of sp³-hybridized carbons (Fsp3) is 0.938. The van der Waals surface area contributed by atoms with Gasteiger partial charge in [-0.25, -0.2) is 0 Å². The SMILES string of the molecule is C[C@@H]1CC2(CCCCCCCCC(=O)O1)SCCCS2. The van der Waals surface area contributed by atoms with E-state index in [4.69, 9.17) is 4.74 Å². The molecule has 0 unspecified atom stereocenters. The molecule has 20 heavy (non-hydrogen) atoms. The lowest BCUT2D eigenvalue weighted by Crippen LogP contribution is -2.31. The summed E-state index contributed by atoms with van der Waals surface area (Å²) in [5.41, 5.74) is 0. The molecule has 2 fully saturated rings. The molecule has 0 radical (unpaired) electrons. The Hall–Kier alpha value is 0.170. The Balaban J connectivity index is 1.96. The van der Waals surface area contributed by atoms with Crippen molar-refractivity contribution in [1.82, 2.24) is 0 Å². The molecule has 2 aliphatic heterocycles. The fourth-order valence-electron chi connectivity index (χ4n) is 3.11.